The first kappa shape index (κ1) is 15.7. The summed E-state index contributed by atoms with van der Waals surface area (Å²) in [5.41, 5.74) is 0. The lowest BCUT2D eigenvalue weighted by molar-refractivity contribution is 0.304. The molecule has 0 atom stereocenters. The van der Waals surface area contributed by atoms with Gasteiger partial charge in [-0.05, 0) is 25.8 Å². The quantitative estimate of drug-likeness (QED) is 0.727. The molecule has 0 amide bonds. The van der Waals surface area contributed by atoms with E-state index in [1.54, 1.807) is 4.31 Å². The number of alkyl halides is 1. The summed E-state index contributed by atoms with van der Waals surface area (Å²) < 4.78 is 27.1. The van der Waals surface area contributed by atoms with Crippen molar-refractivity contribution in [2.24, 2.45) is 0 Å². The summed E-state index contributed by atoms with van der Waals surface area (Å²) in [4.78, 5) is 2.35. The summed E-state index contributed by atoms with van der Waals surface area (Å²) in [6, 6.07) is 0. The number of halogens is 1. The number of hydrogen-bond donors (Lipinski definition) is 0. The SMILES string of the molecule is O=S(=O)(C1CCCCC1)N1CCCN(CCBr)CC1. The van der Waals surface area contributed by atoms with Crippen LogP contribution >= 0.6 is 15.9 Å². The average Bonchev–Trinajstić information content (AvgIpc) is 2.66. The van der Waals surface area contributed by atoms with Crippen LogP contribution in [0.1, 0.15) is 38.5 Å². The van der Waals surface area contributed by atoms with Gasteiger partial charge in [-0.25, -0.2) is 12.7 Å². The van der Waals surface area contributed by atoms with Gasteiger partial charge < -0.3 is 4.90 Å². The van der Waals surface area contributed by atoms with Crippen molar-refractivity contribution in [2.45, 2.75) is 43.8 Å². The Morgan fingerprint density at radius 2 is 1.68 bits per heavy atom. The molecular formula is C13H25BrN2O2S. The van der Waals surface area contributed by atoms with Crippen LogP contribution in [0.15, 0.2) is 0 Å². The van der Waals surface area contributed by atoms with Crippen molar-refractivity contribution in [3.63, 3.8) is 0 Å². The molecule has 2 fully saturated rings. The molecule has 0 aromatic rings. The van der Waals surface area contributed by atoms with E-state index >= 15 is 0 Å². The molecule has 0 unspecified atom stereocenters. The zero-order chi connectivity index (χ0) is 13.7. The first-order chi connectivity index (χ1) is 9.14. The lowest BCUT2D eigenvalue weighted by Crippen LogP contribution is -2.41. The maximum atomic E-state index is 12.7. The van der Waals surface area contributed by atoms with Crippen molar-refractivity contribution in [1.82, 2.24) is 9.21 Å². The second-order valence-electron chi connectivity index (χ2n) is 5.59. The zero-order valence-electron chi connectivity index (χ0n) is 11.6. The molecule has 2 aliphatic rings. The predicted octanol–water partition coefficient (Wildman–Crippen LogP) is 2.05. The standard InChI is InChI=1S/C13H25BrN2O2S/c14-7-10-15-8-4-9-16(12-11-15)19(17,18)13-5-2-1-3-6-13/h13H,1-12H2. The van der Waals surface area contributed by atoms with E-state index < -0.39 is 10.0 Å². The van der Waals surface area contributed by atoms with Crippen molar-refractivity contribution in [3.8, 4) is 0 Å². The smallest absolute Gasteiger partial charge is 0.217 e. The van der Waals surface area contributed by atoms with Crippen LogP contribution in [0.2, 0.25) is 0 Å². The normalized spacial score (nSPS) is 25.3. The molecule has 19 heavy (non-hydrogen) atoms. The van der Waals surface area contributed by atoms with Crippen molar-refractivity contribution in [3.05, 3.63) is 0 Å². The Labute approximate surface area is 125 Å². The van der Waals surface area contributed by atoms with E-state index in [4.69, 9.17) is 0 Å². The summed E-state index contributed by atoms with van der Waals surface area (Å²) in [6.07, 6.45) is 6.04. The zero-order valence-corrected chi connectivity index (χ0v) is 14.0. The van der Waals surface area contributed by atoms with E-state index in [9.17, 15) is 8.42 Å². The van der Waals surface area contributed by atoms with E-state index in [1.807, 2.05) is 0 Å². The van der Waals surface area contributed by atoms with Crippen LogP contribution < -0.4 is 0 Å². The van der Waals surface area contributed by atoms with Gasteiger partial charge >= 0.3 is 0 Å². The Kier molecular flexibility index (Phi) is 6.11. The van der Waals surface area contributed by atoms with E-state index in [-0.39, 0.29) is 5.25 Å². The van der Waals surface area contributed by atoms with Gasteiger partial charge in [0.2, 0.25) is 10.0 Å². The minimum Gasteiger partial charge on any atom is -0.301 e. The number of rotatable bonds is 4. The van der Waals surface area contributed by atoms with Crippen LogP contribution in [0, 0.1) is 0 Å². The minimum absolute atomic E-state index is 0.107. The van der Waals surface area contributed by atoms with Gasteiger partial charge in [0, 0.05) is 31.5 Å². The summed E-state index contributed by atoms with van der Waals surface area (Å²) >= 11 is 3.45. The first-order valence-corrected chi connectivity index (χ1v) is 10.0. The van der Waals surface area contributed by atoms with Gasteiger partial charge in [-0.1, -0.05) is 35.2 Å². The Morgan fingerprint density at radius 3 is 2.37 bits per heavy atom. The second-order valence-corrected chi connectivity index (χ2v) is 8.59. The molecule has 0 spiro atoms. The fraction of sp³-hybridized carbons (Fsp3) is 1.00. The fourth-order valence-corrected chi connectivity index (χ4v) is 5.69. The molecule has 6 heteroatoms. The molecule has 1 aliphatic heterocycles. The summed E-state index contributed by atoms with van der Waals surface area (Å²) in [6.45, 7) is 4.28. The maximum absolute atomic E-state index is 12.7. The molecular weight excluding hydrogens is 328 g/mol. The van der Waals surface area contributed by atoms with Crippen LogP contribution in [0.5, 0.6) is 0 Å². The van der Waals surface area contributed by atoms with E-state index in [0.29, 0.717) is 13.1 Å². The number of nitrogens with zero attached hydrogens (tertiary/aromatic N) is 2. The van der Waals surface area contributed by atoms with E-state index in [2.05, 4.69) is 20.8 Å². The highest BCUT2D eigenvalue weighted by atomic mass is 79.9. The lowest BCUT2D eigenvalue weighted by Gasteiger charge is -2.28. The van der Waals surface area contributed by atoms with Crippen molar-refractivity contribution in [1.29, 1.82) is 0 Å². The Morgan fingerprint density at radius 1 is 0.947 bits per heavy atom. The molecule has 0 aromatic heterocycles. The van der Waals surface area contributed by atoms with E-state index in [1.165, 1.54) is 6.42 Å². The summed E-state index contributed by atoms with van der Waals surface area (Å²) in [5, 5.41) is 0.853. The van der Waals surface area contributed by atoms with Gasteiger partial charge in [0.1, 0.15) is 0 Å². The molecule has 0 aromatic carbocycles. The highest BCUT2D eigenvalue weighted by molar-refractivity contribution is 9.09. The van der Waals surface area contributed by atoms with Crippen molar-refractivity contribution < 1.29 is 8.42 Å². The summed E-state index contributed by atoms with van der Waals surface area (Å²) in [5.74, 6) is 0. The Bertz CT molecular complexity index is 369. The number of sulfonamides is 1. The van der Waals surface area contributed by atoms with Gasteiger partial charge in [0.25, 0.3) is 0 Å². The second kappa shape index (κ2) is 7.38. The molecule has 1 saturated carbocycles. The lowest BCUT2D eigenvalue weighted by atomic mass is 10.0. The predicted molar refractivity (Wildman–Crippen MR) is 82.2 cm³/mol. The van der Waals surface area contributed by atoms with Crippen LogP contribution in [-0.2, 0) is 10.0 Å². The number of hydrogen-bond acceptors (Lipinski definition) is 3. The molecule has 1 aliphatic carbocycles. The largest absolute Gasteiger partial charge is 0.301 e. The molecule has 1 heterocycles. The molecule has 1 saturated heterocycles. The molecule has 112 valence electrons. The van der Waals surface area contributed by atoms with Crippen molar-refractivity contribution in [2.75, 3.05) is 38.1 Å². The Hall–Kier alpha value is 0.350. The van der Waals surface area contributed by atoms with Crippen molar-refractivity contribution >= 4 is 26.0 Å². The highest BCUT2D eigenvalue weighted by Gasteiger charge is 2.33. The third-order valence-corrected chi connectivity index (χ3v) is 7.03. The Balaban J connectivity index is 1.96. The third-order valence-electron chi connectivity index (χ3n) is 4.28. The first-order valence-electron chi connectivity index (χ1n) is 7.42. The molecule has 0 N–H and O–H groups in total. The molecule has 0 bridgehead atoms. The van der Waals surface area contributed by atoms with Gasteiger partial charge in [-0.3, -0.25) is 0 Å². The van der Waals surface area contributed by atoms with Crippen LogP contribution in [0.4, 0.5) is 0 Å². The average molecular weight is 353 g/mol. The topological polar surface area (TPSA) is 40.6 Å². The summed E-state index contributed by atoms with van der Waals surface area (Å²) in [7, 11) is -3.05. The van der Waals surface area contributed by atoms with Crippen LogP contribution in [-0.4, -0.2) is 60.9 Å². The molecule has 2 rings (SSSR count). The van der Waals surface area contributed by atoms with Gasteiger partial charge in [-0.2, -0.15) is 0 Å². The van der Waals surface area contributed by atoms with E-state index in [0.717, 1.165) is 57.1 Å². The third kappa shape index (κ3) is 4.16. The minimum atomic E-state index is -3.05. The highest BCUT2D eigenvalue weighted by Crippen LogP contribution is 2.26. The molecule has 0 radical (unpaired) electrons. The van der Waals surface area contributed by atoms with Gasteiger partial charge in [-0.15, -0.1) is 0 Å². The monoisotopic (exact) mass is 352 g/mol. The van der Waals surface area contributed by atoms with Crippen LogP contribution in [0.25, 0.3) is 0 Å². The van der Waals surface area contributed by atoms with Gasteiger partial charge in [0.05, 0.1) is 5.25 Å². The van der Waals surface area contributed by atoms with Crippen LogP contribution in [0.3, 0.4) is 0 Å². The molecule has 4 nitrogen and oxygen atoms in total. The fourth-order valence-electron chi connectivity index (χ4n) is 3.12. The maximum Gasteiger partial charge on any atom is 0.217 e. The van der Waals surface area contributed by atoms with Gasteiger partial charge in [0.15, 0.2) is 0 Å².